The van der Waals surface area contributed by atoms with Crippen LogP contribution in [0.2, 0.25) is 5.02 Å². The number of carbonyl (C=O) groups excluding carboxylic acids is 1. The molecular weight excluding hydrogens is 421 g/mol. The lowest BCUT2D eigenvalue weighted by Crippen LogP contribution is -2.12. The maximum atomic E-state index is 12.3. The molecule has 110 valence electrons. The van der Waals surface area contributed by atoms with Crippen LogP contribution < -0.4 is 10.1 Å². The smallest absolute Gasteiger partial charge is 0.256 e. The molecule has 0 aliphatic rings. The molecule has 0 atom stereocenters. The second kappa shape index (κ2) is 7.29. The first-order chi connectivity index (χ1) is 10.0. The van der Waals surface area contributed by atoms with Crippen molar-refractivity contribution in [2.45, 2.75) is 6.92 Å². The number of amides is 1. The van der Waals surface area contributed by atoms with Crippen LogP contribution in [0.15, 0.2) is 45.3 Å². The molecule has 0 radical (unpaired) electrons. The van der Waals surface area contributed by atoms with E-state index in [4.69, 9.17) is 16.3 Å². The van der Waals surface area contributed by atoms with Crippen molar-refractivity contribution in [2.75, 3.05) is 11.9 Å². The number of anilines is 1. The molecular formula is C15H12Br2ClNO2. The topological polar surface area (TPSA) is 38.3 Å². The first kappa shape index (κ1) is 16.3. The summed E-state index contributed by atoms with van der Waals surface area (Å²) in [4.78, 5) is 12.3. The highest BCUT2D eigenvalue weighted by Gasteiger charge is 2.12. The largest absolute Gasteiger partial charge is 0.492 e. The zero-order chi connectivity index (χ0) is 15.4. The van der Waals surface area contributed by atoms with Crippen LogP contribution in [0.3, 0.4) is 0 Å². The van der Waals surface area contributed by atoms with Crippen molar-refractivity contribution in [1.29, 1.82) is 0 Å². The van der Waals surface area contributed by atoms with Gasteiger partial charge in [-0.3, -0.25) is 4.79 Å². The van der Waals surface area contributed by atoms with E-state index in [1.807, 2.05) is 19.1 Å². The number of hydrogen-bond donors (Lipinski definition) is 1. The van der Waals surface area contributed by atoms with Crippen LogP contribution in [-0.2, 0) is 0 Å². The maximum Gasteiger partial charge on any atom is 0.256 e. The normalized spacial score (nSPS) is 10.3. The van der Waals surface area contributed by atoms with Gasteiger partial charge >= 0.3 is 0 Å². The lowest BCUT2D eigenvalue weighted by Gasteiger charge is -2.10. The molecule has 6 heteroatoms. The molecule has 21 heavy (non-hydrogen) atoms. The van der Waals surface area contributed by atoms with Crippen molar-refractivity contribution in [3.05, 3.63) is 55.9 Å². The van der Waals surface area contributed by atoms with Crippen LogP contribution in [0.25, 0.3) is 0 Å². The van der Waals surface area contributed by atoms with Crippen LogP contribution in [0, 0.1) is 0 Å². The van der Waals surface area contributed by atoms with Gasteiger partial charge in [-0.1, -0.05) is 27.5 Å². The summed E-state index contributed by atoms with van der Waals surface area (Å²) in [7, 11) is 0. The fourth-order valence-electron chi connectivity index (χ4n) is 1.72. The van der Waals surface area contributed by atoms with E-state index < -0.39 is 0 Å². The minimum Gasteiger partial charge on any atom is -0.492 e. The third kappa shape index (κ3) is 4.22. The Kier molecular flexibility index (Phi) is 5.67. The molecule has 0 fully saturated rings. The Labute approximate surface area is 144 Å². The minimum atomic E-state index is -0.219. The van der Waals surface area contributed by atoms with E-state index in [9.17, 15) is 4.79 Å². The van der Waals surface area contributed by atoms with Gasteiger partial charge in [0.25, 0.3) is 5.91 Å². The predicted molar refractivity (Wildman–Crippen MR) is 92.4 cm³/mol. The summed E-state index contributed by atoms with van der Waals surface area (Å²) in [6.45, 7) is 2.42. The van der Waals surface area contributed by atoms with Crippen molar-refractivity contribution in [3.8, 4) is 5.75 Å². The van der Waals surface area contributed by atoms with Gasteiger partial charge < -0.3 is 10.1 Å². The van der Waals surface area contributed by atoms with Gasteiger partial charge in [0.15, 0.2) is 0 Å². The van der Waals surface area contributed by atoms with E-state index in [1.54, 1.807) is 24.3 Å². The Balaban J connectivity index is 2.19. The van der Waals surface area contributed by atoms with Gasteiger partial charge in [0.05, 0.1) is 17.2 Å². The average molecular weight is 434 g/mol. The molecule has 0 unspecified atom stereocenters. The highest BCUT2D eigenvalue weighted by Crippen LogP contribution is 2.28. The minimum absolute atomic E-state index is 0.219. The number of carbonyl (C=O) groups is 1. The van der Waals surface area contributed by atoms with Gasteiger partial charge in [-0.2, -0.15) is 0 Å². The number of halogens is 3. The third-order valence-electron chi connectivity index (χ3n) is 2.66. The third-order valence-corrected chi connectivity index (χ3v) is 4.14. The van der Waals surface area contributed by atoms with Crippen LogP contribution in [0.1, 0.15) is 17.3 Å². The lowest BCUT2D eigenvalue weighted by molar-refractivity contribution is 0.102. The molecule has 2 aromatic rings. The second-order valence-electron chi connectivity index (χ2n) is 4.16. The van der Waals surface area contributed by atoms with E-state index in [0.29, 0.717) is 28.6 Å². The lowest BCUT2D eigenvalue weighted by atomic mass is 10.2. The molecule has 1 amide bonds. The zero-order valence-electron chi connectivity index (χ0n) is 11.1. The molecule has 0 aromatic heterocycles. The molecule has 1 N–H and O–H groups in total. The molecule has 2 aromatic carbocycles. The monoisotopic (exact) mass is 431 g/mol. The second-order valence-corrected chi connectivity index (χ2v) is 6.33. The van der Waals surface area contributed by atoms with Crippen molar-refractivity contribution in [2.24, 2.45) is 0 Å². The molecule has 0 bridgehead atoms. The number of benzene rings is 2. The summed E-state index contributed by atoms with van der Waals surface area (Å²) in [5.74, 6) is 0.379. The van der Waals surface area contributed by atoms with Gasteiger partial charge in [-0.05, 0) is 59.3 Å². The SMILES string of the molecule is CCOc1ccc(NC(=O)c2cc(Br)ccc2Br)cc1Cl. The Morgan fingerprint density at radius 1 is 1.24 bits per heavy atom. The highest BCUT2D eigenvalue weighted by molar-refractivity contribution is 9.11. The summed E-state index contributed by atoms with van der Waals surface area (Å²) < 4.78 is 6.91. The van der Waals surface area contributed by atoms with Gasteiger partial charge in [-0.25, -0.2) is 0 Å². The summed E-state index contributed by atoms with van der Waals surface area (Å²) in [5, 5.41) is 3.27. The van der Waals surface area contributed by atoms with Crippen LogP contribution in [0.4, 0.5) is 5.69 Å². The van der Waals surface area contributed by atoms with Crippen LogP contribution in [-0.4, -0.2) is 12.5 Å². The molecule has 0 saturated carbocycles. The van der Waals surface area contributed by atoms with Gasteiger partial charge in [0.1, 0.15) is 5.75 Å². The fourth-order valence-corrected chi connectivity index (χ4v) is 2.74. The van der Waals surface area contributed by atoms with E-state index in [2.05, 4.69) is 37.2 Å². The Morgan fingerprint density at radius 3 is 2.67 bits per heavy atom. The molecule has 0 spiro atoms. The van der Waals surface area contributed by atoms with E-state index in [0.717, 1.165) is 8.95 Å². The Hall–Kier alpha value is -1.04. The standard InChI is InChI=1S/C15H12Br2ClNO2/c1-2-21-14-6-4-10(8-13(14)18)19-15(20)11-7-9(16)3-5-12(11)17/h3-8H,2H2,1H3,(H,19,20). The van der Waals surface area contributed by atoms with Gasteiger partial charge in [-0.15, -0.1) is 0 Å². The van der Waals surface area contributed by atoms with Crippen molar-refractivity contribution in [1.82, 2.24) is 0 Å². The predicted octanol–water partition coefficient (Wildman–Crippen LogP) is 5.52. The summed E-state index contributed by atoms with van der Waals surface area (Å²) in [5.41, 5.74) is 1.15. The number of ether oxygens (including phenoxy) is 1. The zero-order valence-corrected chi connectivity index (χ0v) is 15.0. The fraction of sp³-hybridized carbons (Fsp3) is 0.133. The molecule has 2 rings (SSSR count). The first-order valence-electron chi connectivity index (χ1n) is 6.20. The molecule has 0 saturated heterocycles. The van der Waals surface area contributed by atoms with Crippen molar-refractivity contribution in [3.63, 3.8) is 0 Å². The van der Waals surface area contributed by atoms with Gasteiger partial charge in [0, 0.05) is 14.6 Å². The first-order valence-corrected chi connectivity index (χ1v) is 8.16. The maximum absolute atomic E-state index is 12.3. The number of nitrogens with one attached hydrogen (secondary N) is 1. The Bertz CT molecular complexity index is 677. The molecule has 0 heterocycles. The van der Waals surface area contributed by atoms with Crippen molar-refractivity contribution < 1.29 is 9.53 Å². The van der Waals surface area contributed by atoms with Crippen LogP contribution >= 0.6 is 43.5 Å². The Morgan fingerprint density at radius 2 is 2.00 bits per heavy atom. The van der Waals surface area contributed by atoms with E-state index >= 15 is 0 Å². The van der Waals surface area contributed by atoms with E-state index in [1.165, 1.54) is 0 Å². The van der Waals surface area contributed by atoms with Crippen molar-refractivity contribution >= 4 is 55.1 Å². The molecule has 0 aliphatic carbocycles. The highest BCUT2D eigenvalue weighted by atomic mass is 79.9. The molecule has 3 nitrogen and oxygen atoms in total. The number of rotatable bonds is 4. The average Bonchev–Trinajstić information content (AvgIpc) is 2.44. The summed E-state index contributed by atoms with van der Waals surface area (Å²) in [6.07, 6.45) is 0. The van der Waals surface area contributed by atoms with Crippen LogP contribution in [0.5, 0.6) is 5.75 Å². The quantitative estimate of drug-likeness (QED) is 0.690. The van der Waals surface area contributed by atoms with Gasteiger partial charge in [0.2, 0.25) is 0 Å². The van der Waals surface area contributed by atoms with E-state index in [-0.39, 0.29) is 5.91 Å². The molecule has 0 aliphatic heterocycles. The summed E-state index contributed by atoms with van der Waals surface area (Å²) >= 11 is 12.8. The number of hydrogen-bond acceptors (Lipinski definition) is 2. The summed E-state index contributed by atoms with van der Waals surface area (Å²) in [6, 6.07) is 10.6.